The topological polar surface area (TPSA) is 44.1 Å². The summed E-state index contributed by atoms with van der Waals surface area (Å²) in [6.07, 6.45) is 2.65. The lowest BCUT2D eigenvalue weighted by Gasteiger charge is -2.03. The van der Waals surface area contributed by atoms with Crippen molar-refractivity contribution < 1.29 is 9.53 Å². The van der Waals surface area contributed by atoms with E-state index in [1.807, 2.05) is 49.4 Å². The van der Waals surface area contributed by atoms with Crippen LogP contribution < -0.4 is 4.74 Å². The molecule has 0 N–H and O–H groups in total. The Morgan fingerprint density at radius 3 is 2.67 bits per heavy atom. The number of hydrogen-bond donors (Lipinski definition) is 0. The Kier molecular flexibility index (Phi) is 3.51. The molecule has 1 aromatic heterocycles. The lowest BCUT2D eigenvalue weighted by molar-refractivity contribution is 0.202. The van der Waals surface area contributed by atoms with E-state index in [1.165, 1.54) is 10.9 Å². The van der Waals surface area contributed by atoms with Crippen molar-refractivity contribution in [3.05, 3.63) is 72.7 Å². The summed E-state index contributed by atoms with van der Waals surface area (Å²) in [6, 6.07) is 16.9. The van der Waals surface area contributed by atoms with Crippen LogP contribution in [0, 0.1) is 6.92 Å². The van der Waals surface area contributed by atoms with Crippen molar-refractivity contribution in [2.24, 2.45) is 0 Å². The number of ether oxygens (including phenoxy) is 1. The summed E-state index contributed by atoms with van der Waals surface area (Å²) in [7, 11) is 0. The summed E-state index contributed by atoms with van der Waals surface area (Å²) < 4.78 is 6.60. The molecule has 3 rings (SSSR count). The molecule has 21 heavy (non-hydrogen) atoms. The monoisotopic (exact) mass is 278 g/mol. The van der Waals surface area contributed by atoms with Gasteiger partial charge in [0.2, 0.25) is 0 Å². The smallest absolute Gasteiger partial charge is 0.410 e. The molecule has 0 aliphatic heterocycles. The Morgan fingerprint density at radius 1 is 1.10 bits per heavy atom. The van der Waals surface area contributed by atoms with E-state index in [1.54, 1.807) is 18.3 Å². The van der Waals surface area contributed by atoms with Gasteiger partial charge in [0.05, 0.1) is 5.69 Å². The van der Waals surface area contributed by atoms with E-state index in [2.05, 4.69) is 4.98 Å². The number of hydrogen-bond acceptors (Lipinski definition) is 3. The first-order valence-corrected chi connectivity index (χ1v) is 6.60. The third-order valence-electron chi connectivity index (χ3n) is 3.06. The fourth-order valence-electron chi connectivity index (χ4n) is 2.02. The lowest BCUT2D eigenvalue weighted by atomic mass is 10.1. The maximum Gasteiger partial charge on any atom is 0.424 e. The normalized spacial score (nSPS) is 10.3. The predicted octanol–water partition coefficient (Wildman–Crippen LogP) is 3.91. The maximum absolute atomic E-state index is 12.0. The third kappa shape index (κ3) is 3.00. The second-order valence-corrected chi connectivity index (χ2v) is 4.72. The maximum atomic E-state index is 12.0. The van der Waals surface area contributed by atoms with Gasteiger partial charge in [-0.3, -0.25) is 0 Å². The van der Waals surface area contributed by atoms with E-state index in [-0.39, 0.29) is 0 Å². The molecule has 4 nitrogen and oxygen atoms in total. The molecule has 4 heteroatoms. The molecule has 0 spiro atoms. The molecule has 0 aliphatic carbocycles. The highest BCUT2D eigenvalue weighted by Crippen LogP contribution is 2.18. The van der Waals surface area contributed by atoms with Crippen LogP contribution in [-0.2, 0) is 0 Å². The van der Waals surface area contributed by atoms with Crippen LogP contribution in [0.1, 0.15) is 5.56 Å². The van der Waals surface area contributed by atoms with Gasteiger partial charge in [-0.15, -0.1) is 0 Å². The average molecular weight is 278 g/mol. The molecule has 0 saturated carbocycles. The molecule has 0 saturated heterocycles. The number of aryl methyl sites for hydroxylation is 1. The highest BCUT2D eigenvalue weighted by Gasteiger charge is 2.10. The number of benzene rings is 2. The minimum Gasteiger partial charge on any atom is -0.410 e. The molecule has 0 bridgehead atoms. The highest BCUT2D eigenvalue weighted by atomic mass is 16.6. The third-order valence-corrected chi connectivity index (χ3v) is 3.06. The fraction of sp³-hybridized carbons (Fsp3) is 0.0588. The summed E-state index contributed by atoms with van der Waals surface area (Å²) >= 11 is 0. The number of aromatic nitrogens is 2. The standard InChI is InChI=1S/C17H14N2O2/c1-13-6-5-7-14(10-13)16-11-19(12-18-16)17(20)21-15-8-3-2-4-9-15/h2-12H,1H3. The Labute approximate surface area is 122 Å². The molecule has 3 aromatic rings. The van der Waals surface area contributed by atoms with Crippen molar-refractivity contribution in [3.8, 4) is 17.0 Å². The summed E-state index contributed by atoms with van der Waals surface area (Å²) in [5, 5.41) is 0. The summed E-state index contributed by atoms with van der Waals surface area (Å²) in [5.41, 5.74) is 2.86. The molecule has 0 unspecified atom stereocenters. The molecule has 0 fully saturated rings. The first-order chi connectivity index (χ1) is 10.2. The Bertz CT molecular complexity index is 763. The molecule has 1 heterocycles. The molecule has 0 aliphatic rings. The van der Waals surface area contributed by atoms with Crippen molar-refractivity contribution in [1.82, 2.24) is 9.55 Å². The lowest BCUT2D eigenvalue weighted by Crippen LogP contribution is -2.14. The zero-order valence-electron chi connectivity index (χ0n) is 11.6. The van der Waals surface area contributed by atoms with Crippen LogP contribution in [-0.4, -0.2) is 15.6 Å². The molecule has 0 radical (unpaired) electrons. The van der Waals surface area contributed by atoms with Crippen molar-refractivity contribution in [2.45, 2.75) is 6.92 Å². The van der Waals surface area contributed by atoms with Crippen molar-refractivity contribution in [2.75, 3.05) is 0 Å². The molecule has 0 amide bonds. The Morgan fingerprint density at radius 2 is 1.90 bits per heavy atom. The van der Waals surface area contributed by atoms with Gasteiger partial charge >= 0.3 is 6.09 Å². The molecular formula is C17H14N2O2. The Balaban J connectivity index is 1.80. The first kappa shape index (κ1) is 13.1. The van der Waals surface area contributed by atoms with Gasteiger partial charge in [0.25, 0.3) is 0 Å². The van der Waals surface area contributed by atoms with Crippen LogP contribution in [0.2, 0.25) is 0 Å². The fourth-order valence-corrected chi connectivity index (χ4v) is 2.02. The van der Waals surface area contributed by atoms with Crippen molar-refractivity contribution in [1.29, 1.82) is 0 Å². The van der Waals surface area contributed by atoms with E-state index in [0.29, 0.717) is 5.75 Å². The van der Waals surface area contributed by atoms with Crippen molar-refractivity contribution >= 4 is 6.09 Å². The molecular weight excluding hydrogens is 264 g/mol. The zero-order valence-corrected chi connectivity index (χ0v) is 11.6. The predicted molar refractivity (Wildman–Crippen MR) is 80.3 cm³/mol. The van der Waals surface area contributed by atoms with E-state index < -0.39 is 6.09 Å². The van der Waals surface area contributed by atoms with Crippen LogP contribution in [0.3, 0.4) is 0 Å². The first-order valence-electron chi connectivity index (χ1n) is 6.60. The van der Waals surface area contributed by atoms with Gasteiger partial charge in [0.15, 0.2) is 0 Å². The zero-order chi connectivity index (χ0) is 14.7. The van der Waals surface area contributed by atoms with Gasteiger partial charge < -0.3 is 4.74 Å². The number of rotatable bonds is 2. The van der Waals surface area contributed by atoms with Gasteiger partial charge in [-0.1, -0.05) is 42.0 Å². The van der Waals surface area contributed by atoms with Gasteiger partial charge in [-0.25, -0.2) is 14.3 Å². The minimum atomic E-state index is -0.479. The minimum absolute atomic E-state index is 0.479. The van der Waals surface area contributed by atoms with E-state index in [0.717, 1.165) is 16.8 Å². The van der Waals surface area contributed by atoms with Crippen LogP contribution >= 0.6 is 0 Å². The van der Waals surface area contributed by atoms with E-state index in [9.17, 15) is 4.79 Å². The number of carbonyl (C=O) groups is 1. The SMILES string of the molecule is Cc1cccc(-c2cn(C(=O)Oc3ccccc3)cn2)c1. The highest BCUT2D eigenvalue weighted by molar-refractivity contribution is 5.74. The van der Waals surface area contributed by atoms with Crippen molar-refractivity contribution in [3.63, 3.8) is 0 Å². The van der Waals surface area contributed by atoms with Gasteiger partial charge in [0.1, 0.15) is 12.1 Å². The number of nitrogens with zero attached hydrogens (tertiary/aromatic N) is 2. The van der Waals surface area contributed by atoms with E-state index in [4.69, 9.17) is 4.74 Å². The summed E-state index contributed by atoms with van der Waals surface area (Å²) in [6.45, 7) is 2.02. The second-order valence-electron chi connectivity index (χ2n) is 4.72. The second kappa shape index (κ2) is 5.63. The van der Waals surface area contributed by atoms with Gasteiger partial charge in [-0.05, 0) is 25.1 Å². The number of carbonyl (C=O) groups excluding carboxylic acids is 1. The van der Waals surface area contributed by atoms with Crippen LogP contribution in [0.25, 0.3) is 11.3 Å². The number of para-hydroxylation sites is 1. The summed E-state index contributed by atoms with van der Waals surface area (Å²) in [4.78, 5) is 16.3. The van der Waals surface area contributed by atoms with Gasteiger partial charge in [-0.2, -0.15) is 0 Å². The number of imidazole rings is 1. The molecule has 0 atom stereocenters. The summed E-state index contributed by atoms with van der Waals surface area (Å²) in [5.74, 6) is 0.508. The van der Waals surface area contributed by atoms with Crippen LogP contribution in [0.5, 0.6) is 5.75 Å². The van der Waals surface area contributed by atoms with Crippen LogP contribution in [0.15, 0.2) is 67.1 Å². The van der Waals surface area contributed by atoms with Crippen LogP contribution in [0.4, 0.5) is 4.79 Å². The Hall–Kier alpha value is -2.88. The molecule has 2 aromatic carbocycles. The average Bonchev–Trinajstić information content (AvgIpc) is 2.98. The van der Waals surface area contributed by atoms with E-state index >= 15 is 0 Å². The molecule has 104 valence electrons. The quantitative estimate of drug-likeness (QED) is 0.714. The largest absolute Gasteiger partial charge is 0.424 e. The van der Waals surface area contributed by atoms with Gasteiger partial charge in [0, 0.05) is 11.8 Å².